The molecule has 2 N–H and O–H groups in total. The molecule has 1 aliphatic rings. The number of pyridine rings is 1. The summed E-state index contributed by atoms with van der Waals surface area (Å²) in [6, 6.07) is 13.5. The highest BCUT2D eigenvalue weighted by molar-refractivity contribution is 8.00. The van der Waals surface area contributed by atoms with E-state index in [2.05, 4.69) is 69.6 Å². The van der Waals surface area contributed by atoms with Gasteiger partial charge in [-0.15, -0.1) is 11.3 Å². The molecular formula is C36H42F2N8S3. The van der Waals surface area contributed by atoms with E-state index in [0.717, 1.165) is 82.9 Å². The smallest absolute Gasteiger partial charge is 0.141 e. The van der Waals surface area contributed by atoms with E-state index in [4.69, 9.17) is 9.97 Å². The van der Waals surface area contributed by atoms with Gasteiger partial charge in [-0.3, -0.25) is 14.9 Å². The van der Waals surface area contributed by atoms with Crippen molar-refractivity contribution in [1.29, 1.82) is 0 Å². The largest absolute Gasteiger partial charge is 0.365 e. The standard InChI is InChI=1S/C36H42F2N8S3/c1-24(2)36-43-33(26-8-6-9-27(21-26)44-49-34-28(37)10-7-11-29(34)38)35(48-36)30(39-4)12-13-40-23-42-31-22-41-32(20-25(31)3)46-16-14-45(15-17-46)18-19-47-5/h6-13,20-22,24,42,44H,4,14-19,23H2,1-3,5H3/b30-12-,40-13-. The Morgan fingerprint density at radius 3 is 2.55 bits per heavy atom. The maximum absolute atomic E-state index is 14.2. The fraction of sp³-hybridized carbons (Fsp3) is 0.333. The zero-order valence-corrected chi connectivity index (χ0v) is 30.7. The van der Waals surface area contributed by atoms with Crippen molar-refractivity contribution < 1.29 is 8.78 Å². The Kier molecular flexibility index (Phi) is 13.2. The van der Waals surface area contributed by atoms with Gasteiger partial charge in [0.1, 0.15) is 24.1 Å². The van der Waals surface area contributed by atoms with E-state index in [1.165, 1.54) is 24.0 Å². The van der Waals surface area contributed by atoms with Crippen LogP contribution in [-0.2, 0) is 0 Å². The number of thiazole rings is 1. The minimum atomic E-state index is -0.618. The maximum Gasteiger partial charge on any atom is 0.141 e. The molecule has 258 valence electrons. The van der Waals surface area contributed by atoms with Crippen LogP contribution in [0.15, 0.2) is 75.7 Å². The molecule has 5 rings (SSSR count). The lowest BCUT2D eigenvalue weighted by molar-refractivity contribution is 0.273. The SMILES string of the molecule is C=N/C(=C\C=N/CNc1cnc(N2CCN(CCSC)CC2)cc1C)c1sc(C(C)C)nc1-c1cccc(NSc2c(F)cccc2F)c1. The fourth-order valence-electron chi connectivity index (χ4n) is 5.20. The first-order valence-electron chi connectivity index (χ1n) is 16.1. The van der Waals surface area contributed by atoms with Crippen LogP contribution >= 0.6 is 35.0 Å². The van der Waals surface area contributed by atoms with E-state index in [1.54, 1.807) is 17.6 Å². The van der Waals surface area contributed by atoms with Crippen molar-refractivity contribution in [3.8, 4) is 11.3 Å². The number of benzene rings is 2. The highest BCUT2D eigenvalue weighted by Gasteiger charge is 2.20. The minimum Gasteiger partial charge on any atom is -0.365 e. The summed E-state index contributed by atoms with van der Waals surface area (Å²) in [5.74, 6) is 1.16. The third-order valence-corrected chi connectivity index (χ3v) is 10.9. The molecule has 0 unspecified atom stereocenters. The Hall–Kier alpha value is -3.78. The van der Waals surface area contributed by atoms with Crippen molar-refractivity contribution in [2.45, 2.75) is 31.6 Å². The Bertz CT molecular complexity index is 1760. The Balaban J connectivity index is 1.24. The second kappa shape index (κ2) is 17.7. The number of aryl methyl sites for hydroxylation is 1. The van der Waals surface area contributed by atoms with E-state index < -0.39 is 11.6 Å². The lowest BCUT2D eigenvalue weighted by Crippen LogP contribution is -2.47. The lowest BCUT2D eigenvalue weighted by Gasteiger charge is -2.35. The van der Waals surface area contributed by atoms with Gasteiger partial charge in [-0.2, -0.15) is 11.8 Å². The second-order valence-corrected chi connectivity index (χ2v) is 14.6. The molecule has 0 spiro atoms. The average molecular weight is 721 g/mol. The summed E-state index contributed by atoms with van der Waals surface area (Å²) < 4.78 is 31.4. The van der Waals surface area contributed by atoms with Gasteiger partial charge in [0.2, 0.25) is 0 Å². The first kappa shape index (κ1) is 36.5. The van der Waals surface area contributed by atoms with Crippen LogP contribution in [0.1, 0.15) is 35.2 Å². The van der Waals surface area contributed by atoms with Gasteiger partial charge >= 0.3 is 0 Å². The molecular weight excluding hydrogens is 679 g/mol. The van der Waals surface area contributed by atoms with Gasteiger partial charge in [-0.25, -0.2) is 18.7 Å². The van der Waals surface area contributed by atoms with Crippen molar-refractivity contribution in [3.05, 3.63) is 87.9 Å². The molecule has 4 aromatic rings. The molecule has 2 aromatic heterocycles. The van der Waals surface area contributed by atoms with Crippen molar-refractivity contribution in [3.63, 3.8) is 0 Å². The van der Waals surface area contributed by atoms with Crippen LogP contribution < -0.4 is 14.9 Å². The van der Waals surface area contributed by atoms with Crippen molar-refractivity contribution in [2.75, 3.05) is 66.3 Å². The molecule has 1 fully saturated rings. The zero-order chi connectivity index (χ0) is 34.8. The Morgan fingerprint density at radius 2 is 1.86 bits per heavy atom. The molecule has 0 saturated carbocycles. The molecule has 0 aliphatic carbocycles. The first-order chi connectivity index (χ1) is 23.8. The van der Waals surface area contributed by atoms with Crippen LogP contribution in [0.2, 0.25) is 0 Å². The van der Waals surface area contributed by atoms with Crippen molar-refractivity contribution in [1.82, 2.24) is 14.9 Å². The van der Waals surface area contributed by atoms with Gasteiger partial charge in [0.15, 0.2) is 0 Å². The number of anilines is 3. The van der Waals surface area contributed by atoms with E-state index in [0.29, 0.717) is 18.1 Å². The molecule has 0 atom stereocenters. The number of halogens is 2. The van der Waals surface area contributed by atoms with Gasteiger partial charge in [-0.1, -0.05) is 32.0 Å². The average Bonchev–Trinajstić information content (AvgIpc) is 3.55. The Morgan fingerprint density at radius 1 is 1.10 bits per heavy atom. The number of piperazine rings is 1. The summed E-state index contributed by atoms with van der Waals surface area (Å²) in [6.07, 6.45) is 7.60. The maximum atomic E-state index is 14.2. The first-order valence-corrected chi connectivity index (χ1v) is 19.1. The lowest BCUT2D eigenvalue weighted by atomic mass is 10.1. The number of nitrogens with zero attached hydrogens (tertiary/aromatic N) is 6. The van der Waals surface area contributed by atoms with Gasteiger partial charge < -0.3 is 14.9 Å². The van der Waals surface area contributed by atoms with Crippen LogP contribution in [0, 0.1) is 18.6 Å². The summed E-state index contributed by atoms with van der Waals surface area (Å²) in [5, 5.41) is 4.33. The molecule has 0 amide bonds. The molecule has 0 bridgehead atoms. The number of aromatic nitrogens is 2. The molecule has 13 heteroatoms. The molecule has 0 radical (unpaired) electrons. The van der Waals surface area contributed by atoms with Crippen LogP contribution in [0.3, 0.4) is 0 Å². The number of hydrogen-bond donors (Lipinski definition) is 2. The van der Waals surface area contributed by atoms with Crippen LogP contribution in [-0.4, -0.2) is 79.2 Å². The Labute approximate surface area is 300 Å². The normalized spacial score (nSPS) is 14.2. The summed E-state index contributed by atoms with van der Waals surface area (Å²) in [5.41, 5.74) is 5.00. The second-order valence-electron chi connectivity index (χ2n) is 11.8. The zero-order valence-electron chi connectivity index (χ0n) is 28.2. The topological polar surface area (TPSA) is 81.0 Å². The van der Waals surface area contributed by atoms with Crippen LogP contribution in [0.4, 0.5) is 26.0 Å². The van der Waals surface area contributed by atoms with Gasteiger partial charge in [0.25, 0.3) is 0 Å². The van der Waals surface area contributed by atoms with E-state index in [1.807, 2.05) is 48.3 Å². The molecule has 8 nitrogen and oxygen atoms in total. The number of allylic oxidation sites excluding steroid dienone is 1. The van der Waals surface area contributed by atoms with E-state index >= 15 is 0 Å². The third kappa shape index (κ3) is 9.68. The van der Waals surface area contributed by atoms with Crippen LogP contribution in [0.5, 0.6) is 0 Å². The quantitative estimate of drug-likeness (QED) is 0.0933. The summed E-state index contributed by atoms with van der Waals surface area (Å²) >= 11 is 4.35. The fourth-order valence-corrected chi connectivity index (χ4v) is 7.40. The highest BCUT2D eigenvalue weighted by Crippen LogP contribution is 2.38. The number of nitrogens with one attached hydrogen (secondary N) is 2. The van der Waals surface area contributed by atoms with E-state index in [9.17, 15) is 8.78 Å². The predicted molar refractivity (Wildman–Crippen MR) is 208 cm³/mol. The van der Waals surface area contributed by atoms with Gasteiger partial charge in [0.05, 0.1) is 38.1 Å². The van der Waals surface area contributed by atoms with Crippen LogP contribution in [0.25, 0.3) is 17.0 Å². The molecule has 1 saturated heterocycles. The number of hydrogen-bond acceptors (Lipinski definition) is 11. The number of rotatable bonds is 15. The van der Waals surface area contributed by atoms with Crippen molar-refractivity contribution >= 4 is 70.9 Å². The number of aliphatic imine (C=N–C) groups is 2. The monoisotopic (exact) mass is 720 g/mol. The van der Waals surface area contributed by atoms with Crippen molar-refractivity contribution in [2.24, 2.45) is 9.98 Å². The van der Waals surface area contributed by atoms with E-state index in [-0.39, 0.29) is 10.8 Å². The van der Waals surface area contributed by atoms with Gasteiger partial charge in [-0.05, 0) is 73.8 Å². The third-order valence-electron chi connectivity index (χ3n) is 7.97. The summed E-state index contributed by atoms with van der Waals surface area (Å²) in [4.78, 5) is 24.2. The number of thioether (sulfide) groups is 1. The molecule has 3 heterocycles. The molecule has 1 aliphatic heterocycles. The van der Waals surface area contributed by atoms with Gasteiger partial charge in [0, 0.05) is 61.9 Å². The highest BCUT2D eigenvalue weighted by atomic mass is 32.2. The minimum absolute atomic E-state index is 0.0891. The molecule has 2 aromatic carbocycles. The summed E-state index contributed by atoms with van der Waals surface area (Å²) in [7, 11) is 0. The summed E-state index contributed by atoms with van der Waals surface area (Å²) in [6.45, 7) is 15.7. The molecule has 49 heavy (non-hydrogen) atoms. The predicted octanol–water partition coefficient (Wildman–Crippen LogP) is 8.70.